The van der Waals surface area contributed by atoms with Crippen molar-refractivity contribution < 1.29 is 9.53 Å². The van der Waals surface area contributed by atoms with Crippen LogP contribution in [-0.2, 0) is 11.2 Å². The van der Waals surface area contributed by atoms with E-state index in [1.54, 1.807) is 7.11 Å². The molecule has 0 fully saturated rings. The SMILES string of the molecule is COc1ccc(CCC(N)=O)c2ccc(C)nc12. The fourth-order valence-corrected chi connectivity index (χ4v) is 1.99. The molecule has 0 unspecified atom stereocenters. The standard InChI is InChI=1S/C14H16N2O2/c1-9-3-6-11-10(5-8-13(15)17)4-7-12(18-2)14(11)16-9/h3-4,6-7H,5,8H2,1-2H3,(H2,15,17). The van der Waals surface area contributed by atoms with Crippen LogP contribution in [0.4, 0.5) is 0 Å². The van der Waals surface area contributed by atoms with E-state index in [2.05, 4.69) is 4.98 Å². The van der Waals surface area contributed by atoms with Crippen molar-refractivity contribution in [3.63, 3.8) is 0 Å². The van der Waals surface area contributed by atoms with Gasteiger partial charge in [0.1, 0.15) is 11.3 Å². The molecule has 0 aliphatic carbocycles. The van der Waals surface area contributed by atoms with Crippen LogP contribution in [0, 0.1) is 6.92 Å². The summed E-state index contributed by atoms with van der Waals surface area (Å²) in [6.07, 6.45) is 0.968. The summed E-state index contributed by atoms with van der Waals surface area (Å²) in [5.74, 6) is 0.454. The minimum absolute atomic E-state index is 0.293. The minimum atomic E-state index is -0.293. The first-order valence-electron chi connectivity index (χ1n) is 5.83. The summed E-state index contributed by atoms with van der Waals surface area (Å²) in [7, 11) is 1.63. The number of nitrogens with two attached hydrogens (primary N) is 1. The van der Waals surface area contributed by atoms with Gasteiger partial charge in [0, 0.05) is 17.5 Å². The third-order valence-corrected chi connectivity index (χ3v) is 2.91. The van der Waals surface area contributed by atoms with E-state index in [4.69, 9.17) is 10.5 Å². The number of fused-ring (bicyclic) bond motifs is 1. The van der Waals surface area contributed by atoms with Crippen LogP contribution < -0.4 is 10.5 Å². The first kappa shape index (κ1) is 12.4. The van der Waals surface area contributed by atoms with Gasteiger partial charge in [0.2, 0.25) is 5.91 Å². The van der Waals surface area contributed by atoms with Crippen molar-refractivity contribution in [3.05, 3.63) is 35.5 Å². The Morgan fingerprint density at radius 1 is 1.33 bits per heavy atom. The lowest BCUT2D eigenvalue weighted by atomic mass is 10.0. The summed E-state index contributed by atoms with van der Waals surface area (Å²) in [6.45, 7) is 1.94. The van der Waals surface area contributed by atoms with E-state index in [1.807, 2.05) is 31.2 Å². The summed E-state index contributed by atoms with van der Waals surface area (Å²) < 4.78 is 5.31. The minimum Gasteiger partial charge on any atom is -0.494 e. The van der Waals surface area contributed by atoms with Gasteiger partial charge < -0.3 is 10.5 Å². The number of hydrogen-bond acceptors (Lipinski definition) is 3. The number of primary amides is 1. The van der Waals surface area contributed by atoms with Crippen LogP contribution in [0.1, 0.15) is 17.7 Å². The zero-order chi connectivity index (χ0) is 13.1. The molecule has 1 amide bonds. The molecular weight excluding hydrogens is 228 g/mol. The van der Waals surface area contributed by atoms with Crippen LogP contribution in [0.15, 0.2) is 24.3 Å². The predicted molar refractivity (Wildman–Crippen MR) is 70.5 cm³/mol. The molecule has 94 valence electrons. The van der Waals surface area contributed by atoms with Crippen LogP contribution in [0.3, 0.4) is 0 Å². The molecular formula is C14H16N2O2. The van der Waals surface area contributed by atoms with Crippen LogP contribution in [0.5, 0.6) is 5.75 Å². The van der Waals surface area contributed by atoms with Crippen molar-refractivity contribution in [1.82, 2.24) is 4.98 Å². The molecule has 2 N–H and O–H groups in total. The number of amides is 1. The third kappa shape index (κ3) is 2.42. The zero-order valence-electron chi connectivity index (χ0n) is 10.6. The molecule has 0 aliphatic rings. The molecule has 0 saturated carbocycles. The van der Waals surface area contributed by atoms with E-state index in [9.17, 15) is 4.79 Å². The third-order valence-electron chi connectivity index (χ3n) is 2.91. The largest absolute Gasteiger partial charge is 0.494 e. The Morgan fingerprint density at radius 2 is 2.11 bits per heavy atom. The number of nitrogens with zero attached hydrogens (tertiary/aromatic N) is 1. The molecule has 18 heavy (non-hydrogen) atoms. The molecule has 1 aromatic heterocycles. The highest BCUT2D eigenvalue weighted by atomic mass is 16.5. The summed E-state index contributed by atoms with van der Waals surface area (Å²) in [6, 6.07) is 7.80. The summed E-state index contributed by atoms with van der Waals surface area (Å²) in [4.78, 5) is 15.4. The number of methoxy groups -OCH3 is 1. The average molecular weight is 244 g/mol. The highest BCUT2D eigenvalue weighted by molar-refractivity contribution is 5.88. The van der Waals surface area contributed by atoms with E-state index >= 15 is 0 Å². The van der Waals surface area contributed by atoms with Gasteiger partial charge in [0.25, 0.3) is 0 Å². The number of aromatic nitrogens is 1. The molecule has 4 heteroatoms. The number of hydrogen-bond donors (Lipinski definition) is 1. The van der Waals surface area contributed by atoms with Gasteiger partial charge in [-0.1, -0.05) is 12.1 Å². The summed E-state index contributed by atoms with van der Waals surface area (Å²) >= 11 is 0. The highest BCUT2D eigenvalue weighted by Crippen LogP contribution is 2.27. The Hall–Kier alpha value is -2.10. The van der Waals surface area contributed by atoms with Gasteiger partial charge in [0.15, 0.2) is 0 Å². The number of pyridine rings is 1. The fraction of sp³-hybridized carbons (Fsp3) is 0.286. The molecule has 2 aromatic rings. The topological polar surface area (TPSA) is 65.2 Å². The zero-order valence-corrected chi connectivity index (χ0v) is 10.6. The van der Waals surface area contributed by atoms with Crippen molar-refractivity contribution >= 4 is 16.8 Å². The Bertz CT molecular complexity index is 594. The van der Waals surface area contributed by atoms with Crippen molar-refractivity contribution in [2.75, 3.05) is 7.11 Å². The molecule has 0 atom stereocenters. The van der Waals surface area contributed by atoms with Gasteiger partial charge in [0.05, 0.1) is 7.11 Å². The fourth-order valence-electron chi connectivity index (χ4n) is 1.99. The van der Waals surface area contributed by atoms with Crippen molar-refractivity contribution in [1.29, 1.82) is 0 Å². The van der Waals surface area contributed by atoms with Gasteiger partial charge in [-0.25, -0.2) is 4.98 Å². The van der Waals surface area contributed by atoms with E-state index in [0.717, 1.165) is 27.9 Å². The summed E-state index contributed by atoms with van der Waals surface area (Å²) in [5, 5.41) is 1.02. The molecule has 0 bridgehead atoms. The Labute approximate surface area is 106 Å². The quantitative estimate of drug-likeness (QED) is 0.894. The van der Waals surface area contributed by atoms with E-state index in [0.29, 0.717) is 12.8 Å². The first-order chi connectivity index (χ1) is 8.61. The molecule has 0 aliphatic heterocycles. The monoisotopic (exact) mass is 244 g/mol. The normalized spacial score (nSPS) is 10.6. The maximum atomic E-state index is 10.9. The first-order valence-corrected chi connectivity index (χ1v) is 5.83. The van der Waals surface area contributed by atoms with Crippen LogP contribution in [0.2, 0.25) is 0 Å². The van der Waals surface area contributed by atoms with E-state index in [-0.39, 0.29) is 5.91 Å². The van der Waals surface area contributed by atoms with E-state index < -0.39 is 0 Å². The lowest BCUT2D eigenvalue weighted by Gasteiger charge is -2.09. The van der Waals surface area contributed by atoms with Gasteiger partial charge in [-0.2, -0.15) is 0 Å². The van der Waals surface area contributed by atoms with Gasteiger partial charge in [-0.3, -0.25) is 4.79 Å². The lowest BCUT2D eigenvalue weighted by Crippen LogP contribution is -2.11. The molecule has 2 rings (SSSR count). The van der Waals surface area contributed by atoms with E-state index in [1.165, 1.54) is 0 Å². The lowest BCUT2D eigenvalue weighted by molar-refractivity contribution is -0.117. The Morgan fingerprint density at radius 3 is 2.78 bits per heavy atom. The summed E-state index contributed by atoms with van der Waals surface area (Å²) in [5.41, 5.74) is 8.02. The maximum absolute atomic E-state index is 10.9. The highest BCUT2D eigenvalue weighted by Gasteiger charge is 2.08. The Kier molecular flexibility index (Phi) is 3.46. The van der Waals surface area contributed by atoms with Crippen molar-refractivity contribution in [2.45, 2.75) is 19.8 Å². The maximum Gasteiger partial charge on any atom is 0.217 e. The number of aryl methyl sites for hydroxylation is 2. The second-order valence-electron chi connectivity index (χ2n) is 4.24. The van der Waals surface area contributed by atoms with Gasteiger partial charge >= 0.3 is 0 Å². The number of benzene rings is 1. The number of ether oxygens (including phenoxy) is 1. The molecule has 0 spiro atoms. The second-order valence-corrected chi connectivity index (χ2v) is 4.24. The molecule has 0 saturated heterocycles. The van der Waals surface area contributed by atoms with Gasteiger partial charge in [-0.15, -0.1) is 0 Å². The second kappa shape index (κ2) is 5.04. The predicted octanol–water partition coefficient (Wildman–Crippen LogP) is 1.97. The number of rotatable bonds is 4. The van der Waals surface area contributed by atoms with Crippen molar-refractivity contribution in [2.24, 2.45) is 5.73 Å². The van der Waals surface area contributed by atoms with Crippen LogP contribution in [-0.4, -0.2) is 18.0 Å². The number of carbonyl (C=O) groups is 1. The molecule has 4 nitrogen and oxygen atoms in total. The van der Waals surface area contributed by atoms with Crippen LogP contribution >= 0.6 is 0 Å². The Balaban J connectivity index is 2.52. The average Bonchev–Trinajstić information content (AvgIpc) is 2.35. The number of carbonyl (C=O) groups excluding carboxylic acids is 1. The molecule has 0 radical (unpaired) electrons. The van der Waals surface area contributed by atoms with Crippen molar-refractivity contribution in [3.8, 4) is 5.75 Å². The molecule has 1 aromatic carbocycles. The molecule has 1 heterocycles. The van der Waals surface area contributed by atoms with Gasteiger partial charge in [-0.05, 0) is 31.0 Å². The smallest absolute Gasteiger partial charge is 0.217 e. The van der Waals surface area contributed by atoms with Crippen LogP contribution in [0.25, 0.3) is 10.9 Å².